The minimum absolute atomic E-state index is 0.00441. The Morgan fingerprint density at radius 1 is 1.69 bits per heavy atom. The van der Waals surface area contributed by atoms with Gasteiger partial charge in [-0.05, 0) is 19.8 Å². The van der Waals surface area contributed by atoms with Crippen LogP contribution in [-0.2, 0) is 9.47 Å². The van der Waals surface area contributed by atoms with E-state index in [0.29, 0.717) is 12.7 Å². The van der Waals surface area contributed by atoms with E-state index in [9.17, 15) is 0 Å². The molecule has 1 rings (SSSR count). The fourth-order valence-corrected chi connectivity index (χ4v) is 1.39. The predicted molar refractivity (Wildman–Crippen MR) is 50.6 cm³/mol. The van der Waals surface area contributed by atoms with Crippen LogP contribution >= 0.6 is 0 Å². The van der Waals surface area contributed by atoms with Gasteiger partial charge in [-0.25, -0.2) is 0 Å². The van der Waals surface area contributed by atoms with Gasteiger partial charge >= 0.3 is 0 Å². The van der Waals surface area contributed by atoms with E-state index in [4.69, 9.17) is 14.6 Å². The van der Waals surface area contributed by atoms with E-state index in [1.165, 1.54) is 0 Å². The van der Waals surface area contributed by atoms with E-state index in [0.717, 1.165) is 12.8 Å². The standard InChI is InChI=1S/C10H18O3/c1-3-9(6-11)13-10-5-4-8(2)12-7-10/h3,8-11H,1,4-7H2,2H3/t8?,9-,10?/m1/s1. The molecule has 0 aromatic rings. The third-order valence-electron chi connectivity index (χ3n) is 2.27. The maximum absolute atomic E-state index is 8.87. The van der Waals surface area contributed by atoms with E-state index < -0.39 is 0 Å². The Bertz CT molecular complexity index is 150. The Morgan fingerprint density at radius 2 is 2.46 bits per heavy atom. The SMILES string of the molecule is C=C[C@H](CO)OC1CCC(C)OC1. The molecule has 0 bridgehead atoms. The first kappa shape index (κ1) is 10.7. The first-order valence-electron chi connectivity index (χ1n) is 4.76. The molecule has 1 saturated heterocycles. The lowest BCUT2D eigenvalue weighted by atomic mass is 10.1. The van der Waals surface area contributed by atoms with Crippen molar-refractivity contribution in [3.63, 3.8) is 0 Å². The van der Waals surface area contributed by atoms with Crippen LogP contribution in [0.25, 0.3) is 0 Å². The van der Waals surface area contributed by atoms with E-state index in [-0.39, 0.29) is 18.8 Å². The highest BCUT2D eigenvalue weighted by atomic mass is 16.5. The molecule has 0 aliphatic carbocycles. The smallest absolute Gasteiger partial charge is 0.0988 e. The highest BCUT2D eigenvalue weighted by Crippen LogP contribution is 2.16. The Balaban J connectivity index is 2.25. The predicted octanol–water partition coefficient (Wildman–Crippen LogP) is 1.12. The van der Waals surface area contributed by atoms with Crippen LogP contribution in [0.15, 0.2) is 12.7 Å². The third-order valence-corrected chi connectivity index (χ3v) is 2.27. The van der Waals surface area contributed by atoms with Gasteiger partial charge in [-0.2, -0.15) is 0 Å². The summed E-state index contributed by atoms with van der Waals surface area (Å²) >= 11 is 0. The van der Waals surface area contributed by atoms with Gasteiger partial charge in [-0.3, -0.25) is 0 Å². The van der Waals surface area contributed by atoms with Crippen molar-refractivity contribution < 1.29 is 14.6 Å². The van der Waals surface area contributed by atoms with Crippen molar-refractivity contribution in [3.8, 4) is 0 Å². The molecule has 1 aliphatic heterocycles. The largest absolute Gasteiger partial charge is 0.393 e. The molecule has 0 radical (unpaired) electrons. The molecule has 1 fully saturated rings. The van der Waals surface area contributed by atoms with Crippen molar-refractivity contribution in [3.05, 3.63) is 12.7 Å². The first-order valence-corrected chi connectivity index (χ1v) is 4.76. The zero-order valence-electron chi connectivity index (χ0n) is 8.11. The summed E-state index contributed by atoms with van der Waals surface area (Å²) in [6.45, 7) is 6.28. The van der Waals surface area contributed by atoms with Crippen LogP contribution < -0.4 is 0 Å². The quantitative estimate of drug-likeness (QED) is 0.669. The lowest BCUT2D eigenvalue weighted by molar-refractivity contribution is -0.103. The third kappa shape index (κ3) is 3.46. The zero-order chi connectivity index (χ0) is 9.68. The lowest BCUT2D eigenvalue weighted by Gasteiger charge is -2.28. The fraction of sp³-hybridized carbons (Fsp3) is 0.800. The molecule has 1 N–H and O–H groups in total. The highest BCUT2D eigenvalue weighted by molar-refractivity contribution is 4.81. The monoisotopic (exact) mass is 186 g/mol. The van der Waals surface area contributed by atoms with Crippen LogP contribution in [0.3, 0.4) is 0 Å². The molecular formula is C10H18O3. The zero-order valence-corrected chi connectivity index (χ0v) is 8.11. The van der Waals surface area contributed by atoms with Gasteiger partial charge in [0.05, 0.1) is 31.5 Å². The minimum Gasteiger partial charge on any atom is -0.393 e. The van der Waals surface area contributed by atoms with Gasteiger partial charge in [0.25, 0.3) is 0 Å². The van der Waals surface area contributed by atoms with Gasteiger partial charge in [0.15, 0.2) is 0 Å². The number of hydrogen-bond donors (Lipinski definition) is 1. The fourth-order valence-electron chi connectivity index (χ4n) is 1.39. The second kappa shape index (κ2) is 5.37. The highest BCUT2D eigenvalue weighted by Gasteiger charge is 2.21. The molecule has 0 saturated carbocycles. The summed E-state index contributed by atoms with van der Waals surface area (Å²) in [7, 11) is 0. The van der Waals surface area contributed by atoms with Crippen molar-refractivity contribution in [2.24, 2.45) is 0 Å². The van der Waals surface area contributed by atoms with E-state index >= 15 is 0 Å². The molecular weight excluding hydrogens is 168 g/mol. The van der Waals surface area contributed by atoms with E-state index in [1.807, 2.05) is 0 Å². The first-order chi connectivity index (χ1) is 6.26. The van der Waals surface area contributed by atoms with Crippen molar-refractivity contribution in [1.29, 1.82) is 0 Å². The molecule has 1 heterocycles. The van der Waals surface area contributed by atoms with Crippen LogP contribution in [0.1, 0.15) is 19.8 Å². The molecule has 13 heavy (non-hydrogen) atoms. The molecule has 0 spiro atoms. The molecule has 3 nitrogen and oxygen atoms in total. The number of aliphatic hydroxyl groups excluding tert-OH is 1. The van der Waals surface area contributed by atoms with Gasteiger partial charge < -0.3 is 14.6 Å². The summed E-state index contributed by atoms with van der Waals surface area (Å²) in [5.41, 5.74) is 0. The summed E-state index contributed by atoms with van der Waals surface area (Å²) in [5.74, 6) is 0. The molecule has 76 valence electrons. The molecule has 3 atom stereocenters. The topological polar surface area (TPSA) is 38.7 Å². The Hall–Kier alpha value is -0.380. The molecule has 1 aliphatic rings. The average Bonchev–Trinajstić information content (AvgIpc) is 2.17. The average molecular weight is 186 g/mol. The van der Waals surface area contributed by atoms with Gasteiger partial charge in [-0.15, -0.1) is 6.58 Å². The van der Waals surface area contributed by atoms with Crippen molar-refractivity contribution in [2.75, 3.05) is 13.2 Å². The maximum atomic E-state index is 8.87. The summed E-state index contributed by atoms with van der Waals surface area (Å²) in [6, 6.07) is 0. The Kier molecular flexibility index (Phi) is 4.42. The van der Waals surface area contributed by atoms with Crippen molar-refractivity contribution >= 4 is 0 Å². The second-order valence-electron chi connectivity index (χ2n) is 3.44. The number of ether oxygens (including phenoxy) is 2. The number of rotatable bonds is 4. The number of aliphatic hydroxyl groups is 1. The molecule has 2 unspecified atom stereocenters. The summed E-state index contributed by atoms with van der Waals surface area (Å²) < 4.78 is 11.0. The molecule has 0 aromatic heterocycles. The van der Waals surface area contributed by atoms with Gasteiger partial charge in [-0.1, -0.05) is 6.08 Å². The molecule has 0 aromatic carbocycles. The van der Waals surface area contributed by atoms with Crippen LogP contribution in [0, 0.1) is 0 Å². The van der Waals surface area contributed by atoms with E-state index in [2.05, 4.69) is 13.5 Å². The van der Waals surface area contributed by atoms with Gasteiger partial charge in [0, 0.05) is 0 Å². The van der Waals surface area contributed by atoms with Crippen LogP contribution in [-0.4, -0.2) is 36.6 Å². The molecule has 0 amide bonds. The van der Waals surface area contributed by atoms with Crippen molar-refractivity contribution in [2.45, 2.75) is 38.1 Å². The summed E-state index contributed by atoms with van der Waals surface area (Å²) in [4.78, 5) is 0. The number of hydrogen-bond acceptors (Lipinski definition) is 3. The van der Waals surface area contributed by atoms with Crippen LogP contribution in [0.4, 0.5) is 0 Å². The van der Waals surface area contributed by atoms with Gasteiger partial charge in [0.2, 0.25) is 0 Å². The maximum Gasteiger partial charge on any atom is 0.0988 e. The van der Waals surface area contributed by atoms with Gasteiger partial charge in [0.1, 0.15) is 0 Å². The summed E-state index contributed by atoms with van der Waals surface area (Å²) in [6.07, 6.45) is 3.87. The normalized spacial score (nSPS) is 31.2. The van der Waals surface area contributed by atoms with Crippen LogP contribution in [0.5, 0.6) is 0 Å². The summed E-state index contributed by atoms with van der Waals surface area (Å²) in [5, 5.41) is 8.87. The Morgan fingerprint density at radius 3 is 2.92 bits per heavy atom. The Labute approximate surface area is 79.3 Å². The van der Waals surface area contributed by atoms with E-state index in [1.54, 1.807) is 6.08 Å². The van der Waals surface area contributed by atoms with Crippen molar-refractivity contribution in [1.82, 2.24) is 0 Å². The lowest BCUT2D eigenvalue weighted by Crippen LogP contribution is -2.33. The van der Waals surface area contributed by atoms with Crippen LogP contribution in [0.2, 0.25) is 0 Å². The molecule has 3 heteroatoms. The second-order valence-corrected chi connectivity index (χ2v) is 3.44. The minimum atomic E-state index is -0.248.